The summed E-state index contributed by atoms with van der Waals surface area (Å²) in [7, 11) is 1.51. The number of hydrogen-bond acceptors (Lipinski definition) is 4. The lowest BCUT2D eigenvalue weighted by molar-refractivity contribution is -0.116. The Bertz CT molecular complexity index is 1340. The molecule has 0 radical (unpaired) electrons. The highest BCUT2D eigenvalue weighted by molar-refractivity contribution is 6.01. The molecule has 3 heterocycles. The number of aryl methyl sites for hydroxylation is 1. The van der Waals surface area contributed by atoms with Crippen LogP contribution in [0.15, 0.2) is 66.6 Å². The van der Waals surface area contributed by atoms with Gasteiger partial charge in [0.1, 0.15) is 17.3 Å². The first-order valence-electron chi connectivity index (χ1n) is 9.99. The second-order valence-corrected chi connectivity index (χ2v) is 7.09. The molecule has 4 aromatic rings. The van der Waals surface area contributed by atoms with E-state index in [1.165, 1.54) is 7.05 Å². The van der Waals surface area contributed by atoms with Crippen molar-refractivity contribution < 1.29 is 4.79 Å². The number of H-pyrrole nitrogens is 1. The second kappa shape index (κ2) is 8.64. The molecule has 0 unspecified atom stereocenters. The molecule has 0 saturated heterocycles. The zero-order chi connectivity index (χ0) is 21.8. The Hall–Kier alpha value is -4.24. The zero-order valence-corrected chi connectivity index (χ0v) is 17.3. The summed E-state index contributed by atoms with van der Waals surface area (Å²) in [5.41, 5.74) is 6.76. The van der Waals surface area contributed by atoms with Crippen LogP contribution in [0.2, 0.25) is 0 Å². The average Bonchev–Trinajstić information content (AvgIpc) is 3.25. The normalized spacial score (nSPS) is 11.3. The molecule has 6 heteroatoms. The first kappa shape index (κ1) is 20.0. The van der Waals surface area contributed by atoms with Gasteiger partial charge in [-0.05, 0) is 53.5 Å². The number of aromatic amines is 1. The van der Waals surface area contributed by atoms with Crippen LogP contribution < -0.4 is 5.32 Å². The van der Waals surface area contributed by atoms with Crippen molar-refractivity contribution in [3.63, 3.8) is 0 Å². The number of carbonyl (C=O) groups excluding carboxylic acids is 1. The summed E-state index contributed by atoms with van der Waals surface area (Å²) in [6.07, 6.45) is 8.08. The smallest absolute Gasteiger partial charge is 0.261 e. The Morgan fingerprint density at radius 3 is 2.81 bits per heavy atom. The molecular formula is C25H21N5O. The Labute approximate surface area is 180 Å². The molecule has 6 nitrogen and oxygen atoms in total. The number of hydrogen-bond donors (Lipinski definition) is 2. The van der Waals surface area contributed by atoms with Crippen LogP contribution >= 0.6 is 0 Å². The van der Waals surface area contributed by atoms with Gasteiger partial charge in [0.05, 0.1) is 0 Å². The molecule has 4 rings (SSSR count). The van der Waals surface area contributed by atoms with Crippen LogP contribution in [0.4, 0.5) is 0 Å². The third-order valence-corrected chi connectivity index (χ3v) is 5.14. The largest absolute Gasteiger partial charge is 0.354 e. The van der Waals surface area contributed by atoms with Gasteiger partial charge in [0.15, 0.2) is 0 Å². The molecule has 1 amide bonds. The van der Waals surface area contributed by atoms with Crippen LogP contribution in [0, 0.1) is 11.3 Å². The van der Waals surface area contributed by atoms with Gasteiger partial charge in [-0.3, -0.25) is 9.78 Å². The molecular weight excluding hydrogens is 386 g/mol. The van der Waals surface area contributed by atoms with Gasteiger partial charge in [-0.2, -0.15) is 5.26 Å². The molecule has 0 aliphatic heterocycles. The lowest BCUT2D eigenvalue weighted by atomic mass is 10.0. The van der Waals surface area contributed by atoms with E-state index in [0.717, 1.165) is 51.0 Å². The number of fused-ring (bicyclic) bond motifs is 1. The molecule has 0 aliphatic rings. The van der Waals surface area contributed by atoms with E-state index >= 15 is 0 Å². The number of pyridine rings is 2. The minimum atomic E-state index is -0.406. The summed E-state index contributed by atoms with van der Waals surface area (Å²) in [5.74, 6) is -0.406. The number of aromatic nitrogens is 3. The van der Waals surface area contributed by atoms with Gasteiger partial charge < -0.3 is 10.3 Å². The number of rotatable bonds is 5. The summed E-state index contributed by atoms with van der Waals surface area (Å²) < 4.78 is 0. The van der Waals surface area contributed by atoms with E-state index in [1.807, 2.05) is 55.0 Å². The van der Waals surface area contributed by atoms with Crippen LogP contribution in [0.1, 0.15) is 18.2 Å². The van der Waals surface area contributed by atoms with Crippen molar-refractivity contribution >= 4 is 23.0 Å². The minimum Gasteiger partial charge on any atom is -0.354 e. The number of nitriles is 1. The quantitative estimate of drug-likeness (QED) is 0.376. The fourth-order valence-corrected chi connectivity index (χ4v) is 3.50. The number of nitrogens with zero attached hydrogens (tertiary/aromatic N) is 3. The molecule has 152 valence electrons. The SMILES string of the molecule is CCc1cc(-c2c[nH]c3ncc(-c4cccc(/C=C(\C#N)C(=O)NC)c4)cc23)ccn1. The summed E-state index contributed by atoms with van der Waals surface area (Å²) in [4.78, 5) is 24.0. The molecule has 2 N–H and O–H groups in total. The van der Waals surface area contributed by atoms with Gasteiger partial charge in [0.2, 0.25) is 0 Å². The molecule has 0 spiro atoms. The van der Waals surface area contributed by atoms with Gasteiger partial charge in [-0.25, -0.2) is 4.98 Å². The highest BCUT2D eigenvalue weighted by Crippen LogP contribution is 2.31. The lowest BCUT2D eigenvalue weighted by Crippen LogP contribution is -2.19. The Morgan fingerprint density at radius 1 is 1.16 bits per heavy atom. The minimum absolute atomic E-state index is 0.0607. The summed E-state index contributed by atoms with van der Waals surface area (Å²) in [6, 6.07) is 15.8. The Balaban J connectivity index is 1.77. The maximum Gasteiger partial charge on any atom is 0.261 e. The third-order valence-electron chi connectivity index (χ3n) is 5.14. The molecule has 0 bridgehead atoms. The van der Waals surface area contributed by atoms with E-state index in [2.05, 4.69) is 39.3 Å². The lowest BCUT2D eigenvalue weighted by Gasteiger charge is -2.06. The van der Waals surface area contributed by atoms with Crippen molar-refractivity contribution in [1.82, 2.24) is 20.3 Å². The Kier molecular flexibility index (Phi) is 5.59. The summed E-state index contributed by atoms with van der Waals surface area (Å²) in [6.45, 7) is 2.09. The van der Waals surface area contributed by atoms with Gasteiger partial charge in [0, 0.05) is 47.8 Å². The standard InChI is InChI=1S/C25H21N5O/c1-3-21-11-18(7-8-28-21)23-15-30-24-22(23)12-20(14-29-24)17-6-4-5-16(9-17)10-19(13-26)25(31)27-2/h4-12,14-15H,3H2,1-2H3,(H,27,31)(H,29,30)/b19-10+. The van der Waals surface area contributed by atoms with Crippen molar-refractivity contribution in [3.05, 3.63) is 77.9 Å². The topological polar surface area (TPSA) is 94.5 Å². The molecule has 0 atom stereocenters. The molecule has 0 saturated carbocycles. The fraction of sp³-hybridized carbons (Fsp3) is 0.120. The fourth-order valence-electron chi connectivity index (χ4n) is 3.50. The first-order chi connectivity index (χ1) is 15.1. The van der Waals surface area contributed by atoms with Crippen molar-refractivity contribution in [2.24, 2.45) is 0 Å². The number of amides is 1. The van der Waals surface area contributed by atoms with Crippen LogP contribution in [0.25, 0.3) is 39.4 Å². The average molecular weight is 407 g/mol. The first-order valence-corrected chi connectivity index (χ1v) is 9.99. The second-order valence-electron chi connectivity index (χ2n) is 7.09. The molecule has 0 fully saturated rings. The maximum absolute atomic E-state index is 11.8. The van der Waals surface area contributed by atoms with E-state index in [1.54, 1.807) is 6.08 Å². The highest BCUT2D eigenvalue weighted by Gasteiger charge is 2.11. The van der Waals surface area contributed by atoms with Gasteiger partial charge in [-0.15, -0.1) is 0 Å². The van der Waals surface area contributed by atoms with Crippen LogP contribution in [-0.4, -0.2) is 27.9 Å². The van der Waals surface area contributed by atoms with E-state index < -0.39 is 5.91 Å². The molecule has 0 aliphatic carbocycles. The van der Waals surface area contributed by atoms with E-state index in [-0.39, 0.29) is 5.57 Å². The molecule has 31 heavy (non-hydrogen) atoms. The van der Waals surface area contributed by atoms with Gasteiger partial charge >= 0.3 is 0 Å². The van der Waals surface area contributed by atoms with E-state index in [9.17, 15) is 10.1 Å². The number of likely N-dealkylation sites (N-methyl/N-ethyl adjacent to an activating group) is 1. The number of benzene rings is 1. The maximum atomic E-state index is 11.8. The predicted molar refractivity (Wildman–Crippen MR) is 122 cm³/mol. The number of carbonyl (C=O) groups is 1. The summed E-state index contributed by atoms with van der Waals surface area (Å²) >= 11 is 0. The van der Waals surface area contributed by atoms with Crippen LogP contribution in [0.3, 0.4) is 0 Å². The van der Waals surface area contributed by atoms with Gasteiger partial charge in [-0.1, -0.05) is 25.1 Å². The monoisotopic (exact) mass is 407 g/mol. The van der Waals surface area contributed by atoms with Crippen LogP contribution in [-0.2, 0) is 11.2 Å². The highest BCUT2D eigenvalue weighted by atomic mass is 16.1. The third kappa shape index (κ3) is 4.07. The molecule has 1 aromatic carbocycles. The van der Waals surface area contributed by atoms with E-state index in [0.29, 0.717) is 0 Å². The van der Waals surface area contributed by atoms with Crippen molar-refractivity contribution in [2.75, 3.05) is 7.05 Å². The number of nitrogens with one attached hydrogen (secondary N) is 2. The summed E-state index contributed by atoms with van der Waals surface area (Å²) in [5, 5.41) is 12.8. The van der Waals surface area contributed by atoms with Crippen molar-refractivity contribution in [3.8, 4) is 28.3 Å². The van der Waals surface area contributed by atoms with Gasteiger partial charge in [0.25, 0.3) is 5.91 Å². The zero-order valence-electron chi connectivity index (χ0n) is 17.3. The Morgan fingerprint density at radius 2 is 2.03 bits per heavy atom. The van der Waals surface area contributed by atoms with Crippen LogP contribution in [0.5, 0.6) is 0 Å². The molecule has 3 aromatic heterocycles. The van der Waals surface area contributed by atoms with Crippen molar-refractivity contribution in [1.29, 1.82) is 5.26 Å². The van der Waals surface area contributed by atoms with Crippen molar-refractivity contribution in [2.45, 2.75) is 13.3 Å². The predicted octanol–water partition coefficient (Wildman–Crippen LogP) is 4.51. The van der Waals surface area contributed by atoms with E-state index in [4.69, 9.17) is 0 Å².